The smallest absolute Gasteiger partial charge is 0.294 e. The van der Waals surface area contributed by atoms with Crippen molar-refractivity contribution in [3.05, 3.63) is 47.3 Å². The van der Waals surface area contributed by atoms with Crippen molar-refractivity contribution in [3.63, 3.8) is 0 Å². The molecule has 0 bridgehead atoms. The van der Waals surface area contributed by atoms with Crippen LogP contribution in [0.5, 0.6) is 0 Å². The van der Waals surface area contributed by atoms with Gasteiger partial charge in [0.1, 0.15) is 17.1 Å². The van der Waals surface area contributed by atoms with Crippen LogP contribution in [0.2, 0.25) is 5.02 Å². The number of hydrogen-bond acceptors (Lipinski definition) is 6. The Morgan fingerprint density at radius 3 is 2.58 bits per heavy atom. The molecular weight excluding hydrogens is 418 g/mol. The first-order chi connectivity index (χ1) is 14.9. The Hall–Kier alpha value is -3.10. The van der Waals surface area contributed by atoms with Crippen LogP contribution in [0.3, 0.4) is 0 Å². The zero-order chi connectivity index (χ0) is 22.0. The SMILES string of the molecule is CNC1CCC(C(=O)Nc2c(C(=O)Nc3ccc(Cl)cn3)oc3ccc(N)cc23)CC1. The van der Waals surface area contributed by atoms with E-state index >= 15 is 0 Å². The van der Waals surface area contributed by atoms with Crippen LogP contribution in [0.1, 0.15) is 36.2 Å². The van der Waals surface area contributed by atoms with Crippen molar-refractivity contribution in [2.24, 2.45) is 5.92 Å². The molecule has 1 fully saturated rings. The van der Waals surface area contributed by atoms with Gasteiger partial charge in [0.2, 0.25) is 11.7 Å². The van der Waals surface area contributed by atoms with Gasteiger partial charge in [0, 0.05) is 29.2 Å². The Kier molecular flexibility index (Phi) is 6.11. The van der Waals surface area contributed by atoms with Crippen LogP contribution in [-0.4, -0.2) is 29.9 Å². The van der Waals surface area contributed by atoms with E-state index in [1.54, 1.807) is 30.3 Å². The number of carbonyl (C=O) groups is 2. The van der Waals surface area contributed by atoms with Gasteiger partial charge in [0.15, 0.2) is 0 Å². The molecule has 8 nitrogen and oxygen atoms in total. The Morgan fingerprint density at radius 1 is 1.13 bits per heavy atom. The molecule has 9 heteroatoms. The van der Waals surface area contributed by atoms with Crippen molar-refractivity contribution in [2.45, 2.75) is 31.7 Å². The topological polar surface area (TPSA) is 122 Å². The lowest BCUT2D eigenvalue weighted by atomic mass is 9.85. The number of anilines is 3. The van der Waals surface area contributed by atoms with E-state index in [4.69, 9.17) is 21.8 Å². The number of carbonyl (C=O) groups excluding carboxylic acids is 2. The maximum atomic E-state index is 13.0. The van der Waals surface area contributed by atoms with Gasteiger partial charge in [-0.2, -0.15) is 0 Å². The second-order valence-corrected chi connectivity index (χ2v) is 8.14. The van der Waals surface area contributed by atoms with E-state index in [2.05, 4.69) is 20.9 Å². The normalized spacial score (nSPS) is 18.6. The summed E-state index contributed by atoms with van der Waals surface area (Å²) < 4.78 is 5.79. The number of hydrogen-bond donors (Lipinski definition) is 4. The second kappa shape index (κ2) is 8.95. The molecule has 5 N–H and O–H groups in total. The number of aromatic nitrogens is 1. The lowest BCUT2D eigenvalue weighted by molar-refractivity contribution is -0.120. The van der Waals surface area contributed by atoms with Crippen LogP contribution in [0.25, 0.3) is 11.0 Å². The summed E-state index contributed by atoms with van der Waals surface area (Å²) >= 11 is 5.85. The molecule has 0 aliphatic heterocycles. The summed E-state index contributed by atoms with van der Waals surface area (Å²) in [4.78, 5) is 30.0. The molecule has 1 saturated carbocycles. The molecule has 1 aromatic carbocycles. The highest BCUT2D eigenvalue weighted by Gasteiger charge is 2.29. The van der Waals surface area contributed by atoms with Crippen molar-refractivity contribution >= 4 is 51.6 Å². The Morgan fingerprint density at radius 2 is 1.90 bits per heavy atom. The highest BCUT2D eigenvalue weighted by Crippen LogP contribution is 2.34. The minimum Gasteiger partial charge on any atom is -0.449 e. The highest BCUT2D eigenvalue weighted by molar-refractivity contribution is 6.30. The van der Waals surface area contributed by atoms with E-state index in [-0.39, 0.29) is 17.6 Å². The van der Waals surface area contributed by atoms with Gasteiger partial charge in [0.05, 0.1) is 5.02 Å². The van der Waals surface area contributed by atoms with Gasteiger partial charge < -0.3 is 26.1 Å². The van der Waals surface area contributed by atoms with E-state index in [0.717, 1.165) is 25.7 Å². The van der Waals surface area contributed by atoms with E-state index in [1.807, 2.05) is 7.05 Å². The Labute approximate surface area is 184 Å². The third kappa shape index (κ3) is 4.65. The molecule has 1 aliphatic carbocycles. The highest BCUT2D eigenvalue weighted by atomic mass is 35.5. The average Bonchev–Trinajstić information content (AvgIpc) is 3.13. The molecule has 0 radical (unpaired) electrons. The van der Waals surface area contributed by atoms with Gasteiger partial charge in [-0.05, 0) is 63.1 Å². The molecule has 31 heavy (non-hydrogen) atoms. The van der Waals surface area contributed by atoms with Gasteiger partial charge in [-0.3, -0.25) is 9.59 Å². The number of nitrogens with one attached hydrogen (secondary N) is 3. The molecule has 0 spiro atoms. The van der Waals surface area contributed by atoms with Gasteiger partial charge in [0.25, 0.3) is 5.91 Å². The number of rotatable bonds is 5. The fourth-order valence-corrected chi connectivity index (χ4v) is 4.00. The lowest BCUT2D eigenvalue weighted by Gasteiger charge is -2.27. The van der Waals surface area contributed by atoms with Crippen LogP contribution in [-0.2, 0) is 4.79 Å². The maximum Gasteiger partial charge on any atom is 0.294 e. The van der Waals surface area contributed by atoms with Crippen LogP contribution < -0.4 is 21.7 Å². The molecule has 3 aromatic rings. The zero-order valence-electron chi connectivity index (χ0n) is 17.1. The fraction of sp³-hybridized carbons (Fsp3) is 0.318. The first-order valence-corrected chi connectivity index (χ1v) is 10.6. The predicted octanol–water partition coefficient (Wildman–Crippen LogP) is 4.03. The van der Waals surface area contributed by atoms with E-state index in [1.165, 1.54) is 6.20 Å². The van der Waals surface area contributed by atoms with Crippen LogP contribution in [0, 0.1) is 5.92 Å². The van der Waals surface area contributed by atoms with Gasteiger partial charge in [-0.1, -0.05) is 11.6 Å². The number of amides is 2. The maximum absolute atomic E-state index is 13.0. The predicted molar refractivity (Wildman–Crippen MR) is 121 cm³/mol. The molecule has 4 rings (SSSR count). The summed E-state index contributed by atoms with van der Waals surface area (Å²) in [5.74, 6) is -0.465. The third-order valence-corrected chi connectivity index (χ3v) is 5.87. The van der Waals surface area contributed by atoms with Crippen molar-refractivity contribution < 1.29 is 14.0 Å². The molecular formula is C22H24ClN5O3. The number of halogens is 1. The number of nitrogen functional groups attached to an aromatic ring is 1. The average molecular weight is 442 g/mol. The van der Waals surface area contributed by atoms with E-state index in [0.29, 0.717) is 39.2 Å². The molecule has 0 unspecified atom stereocenters. The second-order valence-electron chi connectivity index (χ2n) is 7.70. The number of nitrogens with two attached hydrogens (primary N) is 1. The number of pyridine rings is 1. The van der Waals surface area contributed by atoms with Crippen LogP contribution in [0.4, 0.5) is 17.2 Å². The molecule has 0 saturated heterocycles. The monoisotopic (exact) mass is 441 g/mol. The molecule has 2 heterocycles. The van der Waals surface area contributed by atoms with Crippen molar-refractivity contribution in [2.75, 3.05) is 23.4 Å². The molecule has 162 valence electrons. The molecule has 2 amide bonds. The van der Waals surface area contributed by atoms with E-state index in [9.17, 15) is 9.59 Å². The largest absolute Gasteiger partial charge is 0.449 e. The van der Waals surface area contributed by atoms with Gasteiger partial charge >= 0.3 is 0 Å². The summed E-state index contributed by atoms with van der Waals surface area (Å²) in [6.07, 6.45) is 4.87. The summed E-state index contributed by atoms with van der Waals surface area (Å²) in [6, 6.07) is 8.68. The number of benzene rings is 1. The van der Waals surface area contributed by atoms with Gasteiger partial charge in [-0.15, -0.1) is 0 Å². The van der Waals surface area contributed by atoms with Crippen molar-refractivity contribution in [1.82, 2.24) is 10.3 Å². The first kappa shape index (κ1) is 21.1. The summed E-state index contributed by atoms with van der Waals surface area (Å²) in [6.45, 7) is 0. The van der Waals surface area contributed by atoms with Crippen molar-refractivity contribution in [1.29, 1.82) is 0 Å². The van der Waals surface area contributed by atoms with Crippen LogP contribution in [0.15, 0.2) is 40.9 Å². The molecule has 0 atom stereocenters. The third-order valence-electron chi connectivity index (χ3n) is 5.64. The molecule has 1 aliphatic rings. The fourth-order valence-electron chi connectivity index (χ4n) is 3.89. The Bertz CT molecular complexity index is 1100. The minimum absolute atomic E-state index is 0.00499. The Balaban J connectivity index is 1.61. The first-order valence-electron chi connectivity index (χ1n) is 10.2. The zero-order valence-corrected chi connectivity index (χ0v) is 17.8. The van der Waals surface area contributed by atoms with Gasteiger partial charge in [-0.25, -0.2) is 4.98 Å². The van der Waals surface area contributed by atoms with E-state index < -0.39 is 5.91 Å². The standard InChI is InChI=1S/C22H24ClN5O3/c1-25-15-6-2-12(3-7-15)21(29)28-19-16-10-14(24)5-8-17(16)31-20(19)22(30)27-18-9-4-13(23)11-26-18/h4-5,8-12,15,25H,2-3,6-7,24H2,1H3,(H,28,29)(H,26,27,30). The quantitative estimate of drug-likeness (QED) is 0.443. The van der Waals surface area contributed by atoms with Crippen LogP contribution >= 0.6 is 11.6 Å². The summed E-state index contributed by atoms with van der Waals surface area (Å²) in [7, 11) is 1.94. The summed E-state index contributed by atoms with van der Waals surface area (Å²) in [5, 5.41) is 9.90. The number of furan rings is 1. The number of nitrogens with zero attached hydrogens (tertiary/aromatic N) is 1. The molecule has 2 aromatic heterocycles. The minimum atomic E-state index is -0.529. The summed E-state index contributed by atoms with van der Waals surface area (Å²) in [5.41, 5.74) is 7.21. The lowest BCUT2D eigenvalue weighted by Crippen LogP contribution is -2.34. The number of fused-ring (bicyclic) bond motifs is 1. The van der Waals surface area contributed by atoms with Crippen molar-refractivity contribution in [3.8, 4) is 0 Å².